The Morgan fingerprint density at radius 2 is 1.85 bits per heavy atom. The first kappa shape index (κ1) is 17.0. The molecule has 0 aliphatic carbocycles. The van der Waals surface area contributed by atoms with Crippen LogP contribution < -0.4 is 0 Å². The molecule has 2 aromatic carbocycles. The lowest BCUT2D eigenvalue weighted by molar-refractivity contribution is 0.0695. The number of carbonyl (C=O) groups is 1. The Morgan fingerprint density at radius 1 is 1.04 bits per heavy atom. The molecule has 0 fully saturated rings. The SMILES string of the molecule is Cc1cnc(Cc2ccc3c(ccn3Cc3ccccc3)c2)c(C(=O)O)c1. The van der Waals surface area contributed by atoms with Crippen LogP contribution in [0.25, 0.3) is 10.9 Å². The molecule has 4 heteroatoms. The lowest BCUT2D eigenvalue weighted by atomic mass is 10.0. The predicted octanol–water partition coefficient (Wildman–Crippen LogP) is 4.68. The lowest BCUT2D eigenvalue weighted by Gasteiger charge is -2.08. The topological polar surface area (TPSA) is 55.1 Å². The van der Waals surface area contributed by atoms with Crippen molar-refractivity contribution < 1.29 is 9.90 Å². The number of benzene rings is 2. The van der Waals surface area contributed by atoms with Gasteiger partial charge in [0.05, 0.1) is 11.3 Å². The quantitative estimate of drug-likeness (QED) is 0.565. The van der Waals surface area contributed by atoms with Crippen LogP contribution in [0, 0.1) is 6.92 Å². The number of pyridine rings is 1. The Balaban J connectivity index is 1.63. The number of fused-ring (bicyclic) bond motifs is 1. The van der Waals surface area contributed by atoms with Crippen LogP contribution in [0.5, 0.6) is 0 Å². The third-order valence-corrected chi connectivity index (χ3v) is 4.74. The summed E-state index contributed by atoms with van der Waals surface area (Å²) in [6.07, 6.45) is 4.31. The van der Waals surface area contributed by atoms with Crippen molar-refractivity contribution in [1.82, 2.24) is 9.55 Å². The van der Waals surface area contributed by atoms with Crippen LogP contribution in [0.1, 0.15) is 32.7 Å². The minimum Gasteiger partial charge on any atom is -0.478 e. The fraction of sp³-hybridized carbons (Fsp3) is 0.130. The van der Waals surface area contributed by atoms with Crippen molar-refractivity contribution in [1.29, 1.82) is 0 Å². The van der Waals surface area contributed by atoms with Gasteiger partial charge >= 0.3 is 5.97 Å². The summed E-state index contributed by atoms with van der Waals surface area (Å²) in [5, 5.41) is 10.6. The maximum atomic E-state index is 11.5. The number of rotatable bonds is 5. The van der Waals surface area contributed by atoms with Crippen molar-refractivity contribution in [2.75, 3.05) is 0 Å². The third-order valence-electron chi connectivity index (χ3n) is 4.74. The van der Waals surface area contributed by atoms with Crippen LogP contribution in [0.3, 0.4) is 0 Å². The highest BCUT2D eigenvalue weighted by Crippen LogP contribution is 2.21. The van der Waals surface area contributed by atoms with Gasteiger partial charge in [0, 0.05) is 30.9 Å². The molecule has 0 spiro atoms. The summed E-state index contributed by atoms with van der Waals surface area (Å²) in [4.78, 5) is 15.9. The Hall–Kier alpha value is -3.40. The van der Waals surface area contributed by atoms with E-state index >= 15 is 0 Å². The first-order valence-electron chi connectivity index (χ1n) is 8.90. The Kier molecular flexibility index (Phi) is 4.47. The van der Waals surface area contributed by atoms with Gasteiger partial charge in [-0.2, -0.15) is 0 Å². The van der Waals surface area contributed by atoms with Crippen LogP contribution in [0.2, 0.25) is 0 Å². The van der Waals surface area contributed by atoms with Gasteiger partial charge in [0.25, 0.3) is 0 Å². The molecule has 134 valence electrons. The summed E-state index contributed by atoms with van der Waals surface area (Å²) >= 11 is 0. The number of aryl methyl sites for hydroxylation is 1. The van der Waals surface area contributed by atoms with Crippen LogP contribution in [-0.2, 0) is 13.0 Å². The van der Waals surface area contributed by atoms with E-state index in [0.717, 1.165) is 28.6 Å². The highest BCUT2D eigenvalue weighted by molar-refractivity contribution is 5.89. The lowest BCUT2D eigenvalue weighted by Crippen LogP contribution is -2.06. The zero-order valence-electron chi connectivity index (χ0n) is 15.1. The zero-order chi connectivity index (χ0) is 18.8. The standard InChI is InChI=1S/C23H20N2O2/c1-16-11-20(23(26)27)21(24-14-16)13-18-7-8-22-19(12-18)9-10-25(22)15-17-5-3-2-4-6-17/h2-12,14H,13,15H2,1H3,(H,26,27). The van der Waals surface area contributed by atoms with Gasteiger partial charge in [0.1, 0.15) is 0 Å². The van der Waals surface area contributed by atoms with Gasteiger partial charge in [0.2, 0.25) is 0 Å². The average Bonchev–Trinajstić information content (AvgIpc) is 3.06. The molecule has 0 radical (unpaired) electrons. The highest BCUT2D eigenvalue weighted by atomic mass is 16.4. The molecule has 2 heterocycles. The summed E-state index contributed by atoms with van der Waals surface area (Å²) in [6.45, 7) is 2.68. The molecule has 0 saturated heterocycles. The van der Waals surface area contributed by atoms with Gasteiger partial charge in [-0.05, 0) is 53.3 Å². The van der Waals surface area contributed by atoms with Gasteiger partial charge in [-0.25, -0.2) is 4.79 Å². The fourth-order valence-electron chi connectivity index (χ4n) is 3.39. The minimum absolute atomic E-state index is 0.275. The largest absolute Gasteiger partial charge is 0.478 e. The monoisotopic (exact) mass is 356 g/mol. The maximum absolute atomic E-state index is 11.5. The molecule has 0 saturated carbocycles. The van der Waals surface area contributed by atoms with E-state index in [1.54, 1.807) is 12.3 Å². The first-order chi connectivity index (χ1) is 13.1. The molecule has 0 aliphatic heterocycles. The molecule has 0 atom stereocenters. The van der Waals surface area contributed by atoms with Crippen LogP contribution in [-0.4, -0.2) is 20.6 Å². The molecule has 1 N–H and O–H groups in total. The van der Waals surface area contributed by atoms with Crippen molar-refractivity contribution in [2.45, 2.75) is 19.9 Å². The Morgan fingerprint density at radius 3 is 2.63 bits per heavy atom. The summed E-state index contributed by atoms with van der Waals surface area (Å²) in [5.41, 5.74) is 5.20. The third kappa shape index (κ3) is 3.60. The number of aromatic carboxylic acids is 1. The van der Waals surface area contributed by atoms with E-state index in [1.807, 2.05) is 25.1 Å². The molecular weight excluding hydrogens is 336 g/mol. The molecule has 0 aliphatic rings. The Labute approximate surface area is 157 Å². The van der Waals surface area contributed by atoms with Crippen molar-refractivity contribution in [3.63, 3.8) is 0 Å². The van der Waals surface area contributed by atoms with Crippen LogP contribution in [0.15, 0.2) is 73.1 Å². The number of hydrogen-bond acceptors (Lipinski definition) is 2. The second kappa shape index (κ2) is 7.08. The van der Waals surface area contributed by atoms with E-state index < -0.39 is 5.97 Å². The molecule has 0 bridgehead atoms. The molecule has 0 unspecified atom stereocenters. The molecule has 2 aromatic heterocycles. The first-order valence-corrected chi connectivity index (χ1v) is 8.90. The van der Waals surface area contributed by atoms with E-state index in [-0.39, 0.29) is 5.56 Å². The van der Waals surface area contributed by atoms with Crippen molar-refractivity contribution in [3.05, 3.63) is 101 Å². The van der Waals surface area contributed by atoms with E-state index in [1.165, 1.54) is 5.56 Å². The van der Waals surface area contributed by atoms with Crippen molar-refractivity contribution in [3.8, 4) is 0 Å². The summed E-state index contributed by atoms with van der Waals surface area (Å²) in [7, 11) is 0. The van der Waals surface area contributed by atoms with Crippen LogP contribution >= 0.6 is 0 Å². The van der Waals surface area contributed by atoms with E-state index in [4.69, 9.17) is 0 Å². The van der Waals surface area contributed by atoms with Gasteiger partial charge in [-0.15, -0.1) is 0 Å². The van der Waals surface area contributed by atoms with Crippen molar-refractivity contribution >= 4 is 16.9 Å². The van der Waals surface area contributed by atoms with Gasteiger partial charge in [-0.1, -0.05) is 36.4 Å². The molecular formula is C23H20N2O2. The van der Waals surface area contributed by atoms with Gasteiger partial charge in [-0.3, -0.25) is 4.98 Å². The summed E-state index contributed by atoms with van der Waals surface area (Å²) in [5.74, 6) is -0.934. The number of carboxylic acid groups (broad SMARTS) is 1. The maximum Gasteiger partial charge on any atom is 0.337 e. The minimum atomic E-state index is -0.934. The Bertz CT molecular complexity index is 1110. The average molecular weight is 356 g/mol. The fourth-order valence-corrected chi connectivity index (χ4v) is 3.39. The van der Waals surface area contributed by atoms with E-state index in [2.05, 4.69) is 52.1 Å². The normalized spacial score (nSPS) is 11.0. The number of carboxylic acids is 1. The van der Waals surface area contributed by atoms with Gasteiger partial charge in [0.15, 0.2) is 0 Å². The highest BCUT2D eigenvalue weighted by Gasteiger charge is 2.13. The number of nitrogens with zero attached hydrogens (tertiary/aromatic N) is 2. The van der Waals surface area contributed by atoms with E-state index in [9.17, 15) is 9.90 Å². The summed E-state index contributed by atoms with van der Waals surface area (Å²) < 4.78 is 2.22. The second-order valence-electron chi connectivity index (χ2n) is 6.81. The molecule has 0 amide bonds. The van der Waals surface area contributed by atoms with E-state index in [0.29, 0.717) is 12.1 Å². The molecule has 4 nitrogen and oxygen atoms in total. The second-order valence-corrected chi connectivity index (χ2v) is 6.81. The smallest absolute Gasteiger partial charge is 0.337 e. The molecule has 4 rings (SSSR count). The molecule has 4 aromatic rings. The van der Waals surface area contributed by atoms with Crippen molar-refractivity contribution in [2.24, 2.45) is 0 Å². The predicted molar refractivity (Wildman–Crippen MR) is 106 cm³/mol. The molecule has 27 heavy (non-hydrogen) atoms. The zero-order valence-corrected chi connectivity index (χ0v) is 15.1. The van der Waals surface area contributed by atoms with Gasteiger partial charge < -0.3 is 9.67 Å². The van der Waals surface area contributed by atoms with Crippen LogP contribution in [0.4, 0.5) is 0 Å². The number of aromatic nitrogens is 2. The summed E-state index contributed by atoms with van der Waals surface area (Å²) in [6, 6.07) is 20.4. The number of hydrogen-bond donors (Lipinski definition) is 1.